The predicted molar refractivity (Wildman–Crippen MR) is 76.4 cm³/mol. The molecular weight excluding hydrogens is 256 g/mol. The molecule has 1 aliphatic carbocycles. The van der Waals surface area contributed by atoms with Crippen molar-refractivity contribution in [2.24, 2.45) is 0 Å². The molecule has 1 aromatic rings. The largest absolute Gasteiger partial charge is 0.469 e. The van der Waals surface area contributed by atoms with Gasteiger partial charge in [-0.05, 0) is 30.9 Å². The molecule has 108 valence electrons. The van der Waals surface area contributed by atoms with Crippen LogP contribution in [0.4, 0.5) is 0 Å². The molecule has 1 atom stereocenters. The molecule has 0 spiro atoms. The van der Waals surface area contributed by atoms with Gasteiger partial charge in [0.2, 0.25) is 0 Å². The minimum absolute atomic E-state index is 0.00782. The fraction of sp³-hybridized carbons (Fsp3) is 0.375. The number of hydrogen-bond donors (Lipinski definition) is 1. The van der Waals surface area contributed by atoms with Crippen LogP contribution in [-0.2, 0) is 9.53 Å². The molecule has 0 aromatic heterocycles. The van der Waals surface area contributed by atoms with E-state index in [9.17, 15) is 14.7 Å². The summed E-state index contributed by atoms with van der Waals surface area (Å²) in [6.07, 6.45) is 3.80. The molecule has 1 aromatic carbocycles. The molecule has 1 aliphatic rings. The summed E-state index contributed by atoms with van der Waals surface area (Å²) in [5.41, 5.74) is 1.56. The maximum Gasteiger partial charge on any atom is 0.302 e. The highest BCUT2D eigenvalue weighted by Gasteiger charge is 2.18. The van der Waals surface area contributed by atoms with Crippen molar-refractivity contribution >= 4 is 11.8 Å². The van der Waals surface area contributed by atoms with Gasteiger partial charge in [0.15, 0.2) is 5.78 Å². The Hall–Kier alpha value is -1.94. The number of rotatable bonds is 2. The number of methoxy groups -OCH3 is 1. The predicted octanol–water partition coefficient (Wildman–Crippen LogP) is 2.52. The van der Waals surface area contributed by atoms with Gasteiger partial charge in [0.25, 0.3) is 0 Å². The smallest absolute Gasteiger partial charge is 0.302 e. The lowest BCUT2D eigenvalue weighted by Crippen LogP contribution is -2.04. The van der Waals surface area contributed by atoms with Crippen LogP contribution in [0, 0.1) is 0 Å². The third-order valence-corrected chi connectivity index (χ3v) is 3.03. The fourth-order valence-corrected chi connectivity index (χ4v) is 1.87. The van der Waals surface area contributed by atoms with Crippen LogP contribution < -0.4 is 0 Å². The van der Waals surface area contributed by atoms with Crippen LogP contribution in [0.2, 0.25) is 0 Å². The molecule has 0 radical (unpaired) electrons. The Kier molecular flexibility index (Phi) is 6.67. The van der Waals surface area contributed by atoms with E-state index in [0.29, 0.717) is 5.56 Å². The topological polar surface area (TPSA) is 63.6 Å². The molecule has 0 saturated heterocycles. The number of aliphatic hydroxyl groups is 1. The van der Waals surface area contributed by atoms with Gasteiger partial charge in [0.05, 0.1) is 13.2 Å². The zero-order valence-electron chi connectivity index (χ0n) is 11.8. The van der Waals surface area contributed by atoms with Crippen LogP contribution in [0.5, 0.6) is 0 Å². The van der Waals surface area contributed by atoms with Crippen molar-refractivity contribution in [3.8, 4) is 0 Å². The Balaban J connectivity index is 0.000000347. The normalized spacial score (nSPS) is 19.1. The summed E-state index contributed by atoms with van der Waals surface area (Å²) in [5, 5.41) is 9.56. The lowest BCUT2D eigenvalue weighted by molar-refractivity contribution is -0.137. The van der Waals surface area contributed by atoms with E-state index >= 15 is 0 Å². The van der Waals surface area contributed by atoms with Crippen LogP contribution in [0.15, 0.2) is 42.0 Å². The van der Waals surface area contributed by atoms with Crippen molar-refractivity contribution in [3.63, 3.8) is 0 Å². The van der Waals surface area contributed by atoms with Crippen molar-refractivity contribution in [2.45, 2.75) is 32.3 Å². The summed E-state index contributed by atoms with van der Waals surface area (Å²) < 4.78 is 4.11. The van der Waals surface area contributed by atoms with Gasteiger partial charge in [-0.15, -0.1) is 0 Å². The lowest BCUT2D eigenvalue weighted by Gasteiger charge is -2.02. The molecule has 1 fully saturated rings. The van der Waals surface area contributed by atoms with Gasteiger partial charge >= 0.3 is 5.97 Å². The Morgan fingerprint density at radius 1 is 1.30 bits per heavy atom. The first-order chi connectivity index (χ1) is 9.54. The van der Waals surface area contributed by atoms with E-state index in [0.717, 1.165) is 24.8 Å². The van der Waals surface area contributed by atoms with E-state index in [1.165, 1.54) is 14.0 Å². The minimum Gasteiger partial charge on any atom is -0.469 e. The summed E-state index contributed by atoms with van der Waals surface area (Å²) in [5.74, 6) is -0.253. The molecule has 4 nitrogen and oxygen atoms in total. The molecule has 20 heavy (non-hydrogen) atoms. The number of benzene rings is 1. The van der Waals surface area contributed by atoms with Crippen LogP contribution in [0.25, 0.3) is 0 Å². The van der Waals surface area contributed by atoms with Crippen LogP contribution in [-0.4, -0.2) is 30.1 Å². The highest BCUT2D eigenvalue weighted by Crippen LogP contribution is 2.24. The first-order valence-electron chi connectivity index (χ1n) is 6.57. The summed E-state index contributed by atoms with van der Waals surface area (Å²) in [4.78, 5) is 21.3. The summed E-state index contributed by atoms with van der Waals surface area (Å²) in [7, 11) is 1.35. The SMILES string of the molecule is COC(C)=O.O=C(/C=C1\CCCC1O)c1ccccc1. The molecular formula is C16H20O4. The maximum absolute atomic E-state index is 11.8. The average molecular weight is 276 g/mol. The second-order valence-electron chi connectivity index (χ2n) is 4.55. The summed E-state index contributed by atoms with van der Waals surface area (Å²) in [6, 6.07) is 9.16. The van der Waals surface area contributed by atoms with Crippen LogP contribution in [0.1, 0.15) is 36.5 Å². The second kappa shape index (κ2) is 8.27. The number of ether oxygens (including phenoxy) is 1. The number of ketones is 1. The van der Waals surface area contributed by atoms with E-state index in [-0.39, 0.29) is 11.8 Å². The first-order valence-corrected chi connectivity index (χ1v) is 6.57. The fourth-order valence-electron chi connectivity index (χ4n) is 1.87. The van der Waals surface area contributed by atoms with Gasteiger partial charge in [-0.1, -0.05) is 30.3 Å². The third kappa shape index (κ3) is 5.36. The number of esters is 1. The van der Waals surface area contributed by atoms with Crippen molar-refractivity contribution in [1.82, 2.24) is 0 Å². The maximum atomic E-state index is 11.8. The molecule has 0 amide bonds. The van der Waals surface area contributed by atoms with Gasteiger partial charge < -0.3 is 9.84 Å². The van der Waals surface area contributed by atoms with Crippen molar-refractivity contribution in [3.05, 3.63) is 47.5 Å². The Morgan fingerprint density at radius 2 is 1.90 bits per heavy atom. The molecule has 0 bridgehead atoms. The van der Waals surface area contributed by atoms with Gasteiger partial charge in [-0.2, -0.15) is 0 Å². The highest BCUT2D eigenvalue weighted by atomic mass is 16.5. The van der Waals surface area contributed by atoms with Crippen molar-refractivity contribution < 1.29 is 19.4 Å². The van der Waals surface area contributed by atoms with Crippen molar-refractivity contribution in [2.75, 3.05) is 7.11 Å². The zero-order chi connectivity index (χ0) is 15.0. The van der Waals surface area contributed by atoms with E-state index in [1.807, 2.05) is 18.2 Å². The highest BCUT2D eigenvalue weighted by molar-refractivity contribution is 6.04. The quantitative estimate of drug-likeness (QED) is 0.512. The Labute approximate surface area is 119 Å². The molecule has 1 unspecified atom stereocenters. The van der Waals surface area contributed by atoms with E-state index in [4.69, 9.17) is 0 Å². The lowest BCUT2D eigenvalue weighted by atomic mass is 10.1. The number of carbonyl (C=O) groups excluding carboxylic acids is 2. The van der Waals surface area contributed by atoms with E-state index in [1.54, 1.807) is 18.2 Å². The van der Waals surface area contributed by atoms with Crippen molar-refractivity contribution in [1.29, 1.82) is 0 Å². The molecule has 4 heteroatoms. The van der Waals surface area contributed by atoms with Crippen LogP contribution in [0.3, 0.4) is 0 Å². The zero-order valence-corrected chi connectivity index (χ0v) is 11.8. The van der Waals surface area contributed by atoms with Crippen LogP contribution >= 0.6 is 0 Å². The number of allylic oxidation sites excluding steroid dienone is 1. The first kappa shape index (κ1) is 16.1. The third-order valence-electron chi connectivity index (χ3n) is 3.03. The number of aliphatic hydroxyl groups excluding tert-OH is 1. The molecule has 0 heterocycles. The molecule has 1 saturated carbocycles. The molecule has 0 aliphatic heterocycles. The Bertz CT molecular complexity index is 477. The van der Waals surface area contributed by atoms with Gasteiger partial charge in [-0.25, -0.2) is 0 Å². The monoisotopic (exact) mass is 276 g/mol. The molecule has 1 N–H and O–H groups in total. The number of hydrogen-bond acceptors (Lipinski definition) is 4. The van der Waals surface area contributed by atoms with Gasteiger partial charge in [0, 0.05) is 12.5 Å². The standard InChI is InChI=1S/C13H14O2.C3H6O2/c14-12-8-4-7-11(12)9-13(15)10-5-2-1-3-6-10;1-3(4)5-2/h1-3,5-6,9,12,14H,4,7-8H2;1-2H3/b11-9+;. The average Bonchev–Trinajstić information content (AvgIpc) is 2.86. The number of carbonyl (C=O) groups is 2. The van der Waals surface area contributed by atoms with Gasteiger partial charge in [-0.3, -0.25) is 9.59 Å². The van der Waals surface area contributed by atoms with E-state index < -0.39 is 6.10 Å². The molecule has 2 rings (SSSR count). The second-order valence-corrected chi connectivity index (χ2v) is 4.55. The van der Waals surface area contributed by atoms with E-state index in [2.05, 4.69) is 4.74 Å². The summed E-state index contributed by atoms with van der Waals surface area (Å²) in [6.45, 7) is 1.36. The summed E-state index contributed by atoms with van der Waals surface area (Å²) >= 11 is 0. The Morgan fingerprint density at radius 3 is 2.35 bits per heavy atom. The minimum atomic E-state index is -0.405. The van der Waals surface area contributed by atoms with Gasteiger partial charge in [0.1, 0.15) is 0 Å².